The Bertz CT molecular complexity index is 1450. The van der Waals surface area contributed by atoms with Crippen LogP contribution in [0.25, 0.3) is 11.0 Å². The molecule has 0 bridgehead atoms. The van der Waals surface area contributed by atoms with Crippen LogP contribution in [0.5, 0.6) is 0 Å². The Kier molecular flexibility index (Phi) is 5.84. The van der Waals surface area contributed by atoms with Gasteiger partial charge in [-0.25, -0.2) is 9.97 Å². The standard InChI is InChI=1S/C27H27N5OS/c1-16(2)32-14-21(24-25(28)30-15-31-26(24)32)9-8-19-12-20(5-4-17(19)3)27(33)29-13-22-10-11-23(34-22)18-6-7-18/h4-5,10-12,14-16,18H,6-7,13H2,1-3H3,(H,29,33)(H2,28,30,31). The van der Waals surface area contributed by atoms with Gasteiger partial charge in [0.05, 0.1) is 17.5 Å². The van der Waals surface area contributed by atoms with Crippen LogP contribution in [-0.2, 0) is 6.54 Å². The first-order chi connectivity index (χ1) is 16.4. The normalized spacial score (nSPS) is 13.2. The van der Waals surface area contributed by atoms with Gasteiger partial charge in [-0.1, -0.05) is 17.9 Å². The van der Waals surface area contributed by atoms with Gasteiger partial charge >= 0.3 is 0 Å². The molecule has 4 aromatic rings. The van der Waals surface area contributed by atoms with E-state index >= 15 is 0 Å². The van der Waals surface area contributed by atoms with Crippen LogP contribution >= 0.6 is 11.3 Å². The third-order valence-electron chi connectivity index (χ3n) is 6.11. The van der Waals surface area contributed by atoms with Crippen LogP contribution in [0, 0.1) is 18.8 Å². The molecule has 3 aromatic heterocycles. The lowest BCUT2D eigenvalue weighted by molar-refractivity contribution is 0.0951. The van der Waals surface area contributed by atoms with Gasteiger partial charge < -0.3 is 15.6 Å². The van der Waals surface area contributed by atoms with Gasteiger partial charge in [0.2, 0.25) is 0 Å². The lowest BCUT2D eigenvalue weighted by Crippen LogP contribution is -2.22. The minimum atomic E-state index is -0.0986. The summed E-state index contributed by atoms with van der Waals surface area (Å²) in [5.41, 5.74) is 10.1. The molecule has 1 saturated carbocycles. The molecule has 3 N–H and O–H groups in total. The third kappa shape index (κ3) is 4.42. The Balaban J connectivity index is 1.38. The molecule has 1 aromatic carbocycles. The van der Waals surface area contributed by atoms with Gasteiger partial charge in [-0.05, 0) is 69.4 Å². The number of nitrogens with one attached hydrogen (secondary N) is 1. The van der Waals surface area contributed by atoms with E-state index in [1.165, 1.54) is 28.9 Å². The van der Waals surface area contributed by atoms with Crippen molar-refractivity contribution in [2.75, 3.05) is 5.73 Å². The number of aromatic nitrogens is 3. The highest BCUT2D eigenvalue weighted by molar-refractivity contribution is 7.12. The summed E-state index contributed by atoms with van der Waals surface area (Å²) in [6, 6.07) is 10.2. The number of carbonyl (C=O) groups is 1. The van der Waals surface area contributed by atoms with E-state index in [2.05, 4.69) is 53.1 Å². The molecule has 0 aliphatic heterocycles. The zero-order valence-electron chi connectivity index (χ0n) is 19.6. The summed E-state index contributed by atoms with van der Waals surface area (Å²) < 4.78 is 2.05. The first-order valence-electron chi connectivity index (χ1n) is 11.5. The number of anilines is 1. The monoisotopic (exact) mass is 469 g/mol. The first kappa shape index (κ1) is 22.2. The molecule has 5 rings (SSSR count). The van der Waals surface area contributed by atoms with Crippen LogP contribution in [0.4, 0.5) is 5.82 Å². The predicted molar refractivity (Wildman–Crippen MR) is 137 cm³/mol. The molecule has 1 amide bonds. The summed E-state index contributed by atoms with van der Waals surface area (Å²) in [5.74, 6) is 7.54. The average Bonchev–Trinajstić information content (AvgIpc) is 3.43. The lowest BCUT2D eigenvalue weighted by atomic mass is 10.0. The van der Waals surface area contributed by atoms with Crippen molar-refractivity contribution in [2.45, 2.75) is 52.1 Å². The molecule has 3 heterocycles. The molecule has 1 fully saturated rings. The molecular weight excluding hydrogens is 442 g/mol. The van der Waals surface area contributed by atoms with Crippen LogP contribution in [-0.4, -0.2) is 20.4 Å². The van der Waals surface area contributed by atoms with Gasteiger partial charge in [0, 0.05) is 33.1 Å². The number of hydrogen-bond donors (Lipinski definition) is 2. The number of aryl methyl sites for hydroxylation is 1. The van der Waals surface area contributed by atoms with Gasteiger partial charge in [-0.3, -0.25) is 4.79 Å². The van der Waals surface area contributed by atoms with Crippen LogP contribution in [0.15, 0.2) is 42.9 Å². The van der Waals surface area contributed by atoms with Crippen LogP contribution < -0.4 is 11.1 Å². The minimum absolute atomic E-state index is 0.0986. The number of nitrogens with two attached hydrogens (primary N) is 1. The van der Waals surface area contributed by atoms with Crippen LogP contribution in [0.2, 0.25) is 0 Å². The fourth-order valence-electron chi connectivity index (χ4n) is 3.98. The SMILES string of the molecule is Cc1ccc(C(=O)NCc2ccc(C3CC3)s2)cc1C#Cc1cn(C(C)C)c2ncnc(N)c12. The van der Waals surface area contributed by atoms with E-state index in [1.54, 1.807) is 11.3 Å². The third-order valence-corrected chi connectivity index (χ3v) is 7.36. The summed E-state index contributed by atoms with van der Waals surface area (Å²) in [6.07, 6.45) is 6.02. The highest BCUT2D eigenvalue weighted by Crippen LogP contribution is 2.43. The van der Waals surface area contributed by atoms with E-state index in [1.807, 2.05) is 35.9 Å². The summed E-state index contributed by atoms with van der Waals surface area (Å²) in [6.45, 7) is 6.71. The van der Waals surface area contributed by atoms with Gasteiger partial charge in [0.1, 0.15) is 17.8 Å². The van der Waals surface area contributed by atoms with Crippen molar-refractivity contribution in [1.29, 1.82) is 0 Å². The van der Waals surface area contributed by atoms with Gasteiger partial charge in [0.25, 0.3) is 5.91 Å². The second kappa shape index (κ2) is 8.96. The Morgan fingerprint density at radius 3 is 2.76 bits per heavy atom. The molecule has 0 radical (unpaired) electrons. The number of thiophene rings is 1. The van der Waals surface area contributed by atoms with E-state index in [-0.39, 0.29) is 11.9 Å². The van der Waals surface area contributed by atoms with E-state index < -0.39 is 0 Å². The van der Waals surface area contributed by atoms with Gasteiger partial charge in [-0.2, -0.15) is 0 Å². The first-order valence-corrected chi connectivity index (χ1v) is 12.3. The number of nitrogen functional groups attached to an aromatic ring is 1. The van der Waals surface area contributed by atoms with Crippen molar-refractivity contribution in [1.82, 2.24) is 19.9 Å². The fraction of sp³-hybridized carbons (Fsp3) is 0.296. The molecule has 34 heavy (non-hydrogen) atoms. The molecule has 6 nitrogen and oxygen atoms in total. The summed E-state index contributed by atoms with van der Waals surface area (Å²) in [4.78, 5) is 24.0. The number of amides is 1. The second-order valence-corrected chi connectivity index (χ2v) is 10.2. The maximum absolute atomic E-state index is 12.8. The number of rotatable bonds is 5. The molecule has 1 aliphatic rings. The zero-order valence-corrected chi connectivity index (χ0v) is 20.4. The number of fused-ring (bicyclic) bond motifs is 1. The highest BCUT2D eigenvalue weighted by Gasteiger charge is 2.25. The quantitative estimate of drug-likeness (QED) is 0.395. The van der Waals surface area contributed by atoms with Crippen molar-refractivity contribution in [3.8, 4) is 11.8 Å². The van der Waals surface area contributed by atoms with Crippen LogP contribution in [0.1, 0.15) is 75.5 Å². The van der Waals surface area contributed by atoms with Gasteiger partial charge in [0.15, 0.2) is 0 Å². The smallest absolute Gasteiger partial charge is 0.251 e. The summed E-state index contributed by atoms with van der Waals surface area (Å²) in [5, 5.41) is 3.80. The summed E-state index contributed by atoms with van der Waals surface area (Å²) >= 11 is 1.80. The minimum Gasteiger partial charge on any atom is -0.383 e. The lowest BCUT2D eigenvalue weighted by Gasteiger charge is -2.07. The second-order valence-electron chi connectivity index (χ2n) is 9.04. The number of hydrogen-bond acceptors (Lipinski definition) is 5. The van der Waals surface area contributed by atoms with Gasteiger partial charge in [-0.15, -0.1) is 11.3 Å². The Morgan fingerprint density at radius 2 is 2.00 bits per heavy atom. The molecule has 0 spiro atoms. The van der Waals surface area contributed by atoms with E-state index in [9.17, 15) is 4.79 Å². The maximum Gasteiger partial charge on any atom is 0.251 e. The molecule has 0 saturated heterocycles. The average molecular weight is 470 g/mol. The van der Waals surface area contributed by atoms with Crippen molar-refractivity contribution < 1.29 is 4.79 Å². The molecule has 1 aliphatic carbocycles. The maximum atomic E-state index is 12.8. The zero-order chi connectivity index (χ0) is 23.8. The van der Waals surface area contributed by atoms with Crippen molar-refractivity contribution in [3.63, 3.8) is 0 Å². The molecule has 0 unspecified atom stereocenters. The Hall–Kier alpha value is -3.63. The van der Waals surface area contributed by atoms with E-state index in [0.717, 1.165) is 33.6 Å². The van der Waals surface area contributed by atoms with Crippen molar-refractivity contribution >= 4 is 34.1 Å². The number of benzene rings is 1. The number of nitrogens with zero attached hydrogens (tertiary/aromatic N) is 3. The fourth-order valence-corrected chi connectivity index (χ4v) is 5.10. The number of carbonyl (C=O) groups excluding carboxylic acids is 1. The Morgan fingerprint density at radius 1 is 1.21 bits per heavy atom. The largest absolute Gasteiger partial charge is 0.383 e. The topological polar surface area (TPSA) is 85.8 Å². The molecule has 172 valence electrons. The van der Waals surface area contributed by atoms with Crippen molar-refractivity contribution in [2.24, 2.45) is 0 Å². The van der Waals surface area contributed by atoms with E-state index in [0.29, 0.717) is 17.9 Å². The predicted octanol–water partition coefficient (Wildman–Crippen LogP) is 5.17. The molecule has 7 heteroatoms. The molecule has 0 atom stereocenters. The highest BCUT2D eigenvalue weighted by atomic mass is 32.1. The Labute approximate surface area is 203 Å². The van der Waals surface area contributed by atoms with E-state index in [4.69, 9.17) is 5.73 Å². The summed E-state index contributed by atoms with van der Waals surface area (Å²) in [7, 11) is 0. The van der Waals surface area contributed by atoms with Crippen LogP contribution in [0.3, 0.4) is 0 Å². The molecular formula is C27H27N5OS. The van der Waals surface area contributed by atoms with Crippen molar-refractivity contribution in [3.05, 3.63) is 74.9 Å².